The second-order valence-electron chi connectivity index (χ2n) is 4.81. The van der Waals surface area contributed by atoms with E-state index < -0.39 is 0 Å². The molecule has 0 aliphatic rings. The van der Waals surface area contributed by atoms with Crippen LogP contribution in [0.15, 0.2) is 29.3 Å². The van der Waals surface area contributed by atoms with Gasteiger partial charge in [-0.2, -0.15) is 0 Å². The molecule has 0 spiro atoms. The Morgan fingerprint density at radius 3 is 2.57 bits per heavy atom. The molecule has 1 unspecified atom stereocenters. The number of hydrogen-bond donors (Lipinski definition) is 2. The van der Waals surface area contributed by atoms with Crippen LogP contribution >= 0.6 is 24.0 Å². The Hall–Kier alpha value is -1.09. The summed E-state index contributed by atoms with van der Waals surface area (Å²) in [6.07, 6.45) is 0.864. The molecule has 0 aromatic heterocycles. The van der Waals surface area contributed by atoms with Gasteiger partial charge in [0.25, 0.3) is 0 Å². The summed E-state index contributed by atoms with van der Waals surface area (Å²) in [5.41, 5.74) is 0. The minimum absolute atomic E-state index is 0. The molecule has 132 valence electrons. The molecule has 1 aromatic rings. The number of guanidine groups is 1. The van der Waals surface area contributed by atoms with Crippen LogP contribution in [0.3, 0.4) is 0 Å². The highest BCUT2D eigenvalue weighted by atomic mass is 127. The fraction of sp³-hybridized carbons (Fsp3) is 0.562. The SMILES string of the molecule is CCOCCCNC(=NC)NCC(C)Oc1ccc(F)cc1.I. The minimum Gasteiger partial charge on any atom is -0.489 e. The summed E-state index contributed by atoms with van der Waals surface area (Å²) in [6, 6.07) is 6.00. The largest absolute Gasteiger partial charge is 0.489 e. The average Bonchev–Trinajstić information content (AvgIpc) is 2.52. The van der Waals surface area contributed by atoms with Crippen molar-refractivity contribution in [2.45, 2.75) is 26.4 Å². The summed E-state index contributed by atoms with van der Waals surface area (Å²) in [6.45, 7) is 6.81. The first kappa shape index (κ1) is 21.9. The lowest BCUT2D eigenvalue weighted by Gasteiger charge is -2.17. The molecular formula is C16H27FIN3O2. The number of rotatable bonds is 9. The monoisotopic (exact) mass is 439 g/mol. The smallest absolute Gasteiger partial charge is 0.191 e. The summed E-state index contributed by atoms with van der Waals surface area (Å²) < 4.78 is 23.8. The van der Waals surface area contributed by atoms with Gasteiger partial charge in [0.1, 0.15) is 17.7 Å². The van der Waals surface area contributed by atoms with Gasteiger partial charge in [-0.1, -0.05) is 0 Å². The van der Waals surface area contributed by atoms with Crippen molar-refractivity contribution in [3.8, 4) is 5.75 Å². The van der Waals surface area contributed by atoms with Crippen LogP contribution < -0.4 is 15.4 Å². The third-order valence-corrected chi connectivity index (χ3v) is 2.89. The average molecular weight is 439 g/mol. The zero-order valence-corrected chi connectivity index (χ0v) is 16.3. The van der Waals surface area contributed by atoms with E-state index in [2.05, 4.69) is 15.6 Å². The van der Waals surface area contributed by atoms with E-state index in [1.54, 1.807) is 19.2 Å². The number of halogens is 2. The second-order valence-corrected chi connectivity index (χ2v) is 4.81. The maximum Gasteiger partial charge on any atom is 0.191 e. The van der Waals surface area contributed by atoms with Crippen LogP contribution in [0.1, 0.15) is 20.3 Å². The van der Waals surface area contributed by atoms with Gasteiger partial charge in [-0.25, -0.2) is 4.39 Å². The van der Waals surface area contributed by atoms with Crippen molar-refractivity contribution in [2.75, 3.05) is 33.4 Å². The molecule has 0 fully saturated rings. The molecule has 0 bridgehead atoms. The van der Waals surface area contributed by atoms with Gasteiger partial charge in [0.15, 0.2) is 5.96 Å². The Morgan fingerprint density at radius 2 is 1.96 bits per heavy atom. The molecular weight excluding hydrogens is 412 g/mol. The van der Waals surface area contributed by atoms with E-state index in [0.717, 1.165) is 32.1 Å². The fourth-order valence-electron chi connectivity index (χ4n) is 1.77. The molecule has 23 heavy (non-hydrogen) atoms. The predicted molar refractivity (Wildman–Crippen MR) is 102 cm³/mol. The molecule has 1 atom stereocenters. The molecule has 0 heterocycles. The van der Waals surface area contributed by atoms with Crippen LogP contribution in [0, 0.1) is 5.82 Å². The number of aliphatic imine (C=N–C) groups is 1. The second kappa shape index (κ2) is 13.4. The normalized spacial score (nSPS) is 12.3. The number of benzene rings is 1. The summed E-state index contributed by atoms with van der Waals surface area (Å²) >= 11 is 0. The molecule has 0 amide bonds. The Bertz CT molecular complexity index is 443. The van der Waals surface area contributed by atoms with E-state index in [1.165, 1.54) is 12.1 Å². The quantitative estimate of drug-likeness (QED) is 0.269. The van der Waals surface area contributed by atoms with Crippen molar-refractivity contribution in [1.29, 1.82) is 0 Å². The Labute approximate surface area is 155 Å². The summed E-state index contributed by atoms with van der Waals surface area (Å²) in [5.74, 6) is 1.11. The van der Waals surface area contributed by atoms with Gasteiger partial charge in [0.05, 0.1) is 6.54 Å². The van der Waals surface area contributed by atoms with Crippen LogP contribution in [-0.4, -0.2) is 45.4 Å². The number of ether oxygens (including phenoxy) is 2. The van der Waals surface area contributed by atoms with Crippen LogP contribution in [0.25, 0.3) is 0 Å². The predicted octanol–water partition coefficient (Wildman–Crippen LogP) is 2.80. The van der Waals surface area contributed by atoms with Gasteiger partial charge in [0, 0.05) is 26.8 Å². The third-order valence-electron chi connectivity index (χ3n) is 2.89. The molecule has 1 aromatic carbocycles. The van der Waals surface area contributed by atoms with E-state index in [9.17, 15) is 4.39 Å². The van der Waals surface area contributed by atoms with Gasteiger partial charge in [0.2, 0.25) is 0 Å². The summed E-state index contributed by atoms with van der Waals surface area (Å²) in [4.78, 5) is 4.14. The van der Waals surface area contributed by atoms with Crippen molar-refractivity contribution in [3.05, 3.63) is 30.1 Å². The lowest BCUT2D eigenvalue weighted by atomic mass is 10.3. The highest BCUT2D eigenvalue weighted by Crippen LogP contribution is 2.12. The van der Waals surface area contributed by atoms with Crippen molar-refractivity contribution in [2.24, 2.45) is 4.99 Å². The van der Waals surface area contributed by atoms with Gasteiger partial charge < -0.3 is 20.1 Å². The van der Waals surface area contributed by atoms with Gasteiger partial charge in [-0.15, -0.1) is 24.0 Å². The van der Waals surface area contributed by atoms with E-state index >= 15 is 0 Å². The number of nitrogens with zero attached hydrogens (tertiary/aromatic N) is 1. The van der Waals surface area contributed by atoms with Crippen molar-refractivity contribution in [3.63, 3.8) is 0 Å². The molecule has 0 saturated carbocycles. The molecule has 0 saturated heterocycles. The van der Waals surface area contributed by atoms with Crippen LogP contribution in [-0.2, 0) is 4.74 Å². The third kappa shape index (κ3) is 10.3. The van der Waals surface area contributed by atoms with Crippen LogP contribution in [0.5, 0.6) is 5.75 Å². The summed E-state index contributed by atoms with van der Waals surface area (Å²) in [5, 5.41) is 6.40. The molecule has 7 heteroatoms. The topological polar surface area (TPSA) is 54.9 Å². The summed E-state index contributed by atoms with van der Waals surface area (Å²) in [7, 11) is 1.73. The van der Waals surface area contributed by atoms with E-state index in [4.69, 9.17) is 9.47 Å². The Morgan fingerprint density at radius 1 is 1.26 bits per heavy atom. The first-order valence-corrected chi connectivity index (χ1v) is 7.60. The maximum absolute atomic E-state index is 12.8. The lowest BCUT2D eigenvalue weighted by Crippen LogP contribution is -2.42. The molecule has 1 rings (SSSR count). The number of hydrogen-bond acceptors (Lipinski definition) is 3. The van der Waals surface area contributed by atoms with Crippen molar-refractivity contribution in [1.82, 2.24) is 10.6 Å². The first-order chi connectivity index (χ1) is 10.7. The van der Waals surface area contributed by atoms with E-state index in [-0.39, 0.29) is 35.9 Å². The highest BCUT2D eigenvalue weighted by molar-refractivity contribution is 14.0. The van der Waals surface area contributed by atoms with Gasteiger partial charge in [-0.05, 0) is 44.5 Å². The van der Waals surface area contributed by atoms with Gasteiger partial charge in [-0.3, -0.25) is 4.99 Å². The highest BCUT2D eigenvalue weighted by Gasteiger charge is 2.05. The Kier molecular flexibility index (Phi) is 12.7. The van der Waals surface area contributed by atoms with E-state index in [0.29, 0.717) is 12.3 Å². The Balaban J connectivity index is 0.00000484. The van der Waals surface area contributed by atoms with Crippen LogP contribution in [0.4, 0.5) is 4.39 Å². The van der Waals surface area contributed by atoms with Crippen LogP contribution in [0.2, 0.25) is 0 Å². The zero-order chi connectivity index (χ0) is 16.2. The standard InChI is InChI=1S/C16H26FN3O2.HI/c1-4-21-11-5-10-19-16(18-3)20-12-13(2)22-15-8-6-14(17)7-9-15;/h6-9,13H,4-5,10-12H2,1-3H3,(H2,18,19,20);1H. The zero-order valence-electron chi connectivity index (χ0n) is 14.0. The van der Waals surface area contributed by atoms with E-state index in [1.807, 2.05) is 13.8 Å². The lowest BCUT2D eigenvalue weighted by molar-refractivity contribution is 0.145. The number of nitrogens with one attached hydrogen (secondary N) is 2. The fourth-order valence-corrected chi connectivity index (χ4v) is 1.77. The molecule has 5 nitrogen and oxygen atoms in total. The molecule has 0 aliphatic carbocycles. The van der Waals surface area contributed by atoms with Crippen molar-refractivity contribution < 1.29 is 13.9 Å². The molecule has 0 radical (unpaired) electrons. The maximum atomic E-state index is 12.8. The first-order valence-electron chi connectivity index (χ1n) is 7.60. The molecule has 0 aliphatic heterocycles. The molecule has 2 N–H and O–H groups in total. The van der Waals surface area contributed by atoms with Crippen molar-refractivity contribution >= 4 is 29.9 Å². The minimum atomic E-state index is -0.269. The van der Waals surface area contributed by atoms with Gasteiger partial charge >= 0.3 is 0 Å².